The lowest BCUT2D eigenvalue weighted by Crippen LogP contribution is -2.26. The van der Waals surface area contributed by atoms with Gasteiger partial charge in [-0.15, -0.1) is 0 Å². The SMILES string of the molecule is COc1ccc(OC)c(CC(=O)NCCCc2nn(-c3ccc(F)cc3)c(N)c2C#N)c1. The van der Waals surface area contributed by atoms with Gasteiger partial charge < -0.3 is 20.5 Å². The number of carbonyl (C=O) groups excluding carboxylic acids is 1. The van der Waals surface area contributed by atoms with Gasteiger partial charge in [0.05, 0.1) is 32.0 Å². The number of ether oxygens (including phenoxy) is 2. The van der Waals surface area contributed by atoms with Gasteiger partial charge in [-0.1, -0.05) is 0 Å². The number of amides is 1. The summed E-state index contributed by atoms with van der Waals surface area (Å²) in [5, 5.41) is 16.7. The first-order chi connectivity index (χ1) is 15.5. The third-order valence-corrected chi connectivity index (χ3v) is 4.93. The van der Waals surface area contributed by atoms with E-state index in [1.165, 1.54) is 28.9 Å². The molecule has 0 aliphatic heterocycles. The minimum atomic E-state index is -0.373. The molecular formula is C23H24FN5O3. The number of nitrogens with zero attached hydrogens (tertiary/aromatic N) is 3. The highest BCUT2D eigenvalue weighted by Crippen LogP contribution is 2.24. The summed E-state index contributed by atoms with van der Waals surface area (Å²) >= 11 is 0. The van der Waals surface area contributed by atoms with E-state index in [4.69, 9.17) is 15.2 Å². The van der Waals surface area contributed by atoms with Crippen LogP contribution in [0, 0.1) is 17.1 Å². The van der Waals surface area contributed by atoms with Crippen molar-refractivity contribution >= 4 is 11.7 Å². The first-order valence-electron chi connectivity index (χ1n) is 9.97. The van der Waals surface area contributed by atoms with Crippen LogP contribution in [0.5, 0.6) is 11.5 Å². The number of nitrogen functional groups attached to an aromatic ring is 1. The van der Waals surface area contributed by atoms with Gasteiger partial charge in [-0.2, -0.15) is 10.4 Å². The second-order valence-electron chi connectivity index (χ2n) is 7.02. The molecule has 0 radical (unpaired) electrons. The van der Waals surface area contributed by atoms with Crippen molar-refractivity contribution in [3.63, 3.8) is 0 Å². The minimum Gasteiger partial charge on any atom is -0.497 e. The molecule has 1 aromatic heterocycles. The summed E-state index contributed by atoms with van der Waals surface area (Å²) in [6, 6.07) is 13.0. The van der Waals surface area contributed by atoms with Gasteiger partial charge in [0.25, 0.3) is 0 Å². The number of nitriles is 1. The van der Waals surface area contributed by atoms with E-state index in [1.807, 2.05) is 0 Å². The maximum absolute atomic E-state index is 13.2. The topological polar surface area (TPSA) is 115 Å². The van der Waals surface area contributed by atoms with Crippen molar-refractivity contribution in [1.29, 1.82) is 5.26 Å². The summed E-state index contributed by atoms with van der Waals surface area (Å²) < 4.78 is 25.1. The average Bonchev–Trinajstić information content (AvgIpc) is 3.12. The van der Waals surface area contributed by atoms with Crippen LogP contribution in [0.1, 0.15) is 23.2 Å². The predicted molar refractivity (Wildman–Crippen MR) is 117 cm³/mol. The van der Waals surface area contributed by atoms with Gasteiger partial charge in [0.1, 0.15) is 34.8 Å². The normalized spacial score (nSPS) is 10.4. The van der Waals surface area contributed by atoms with Crippen LogP contribution in [0.25, 0.3) is 5.69 Å². The van der Waals surface area contributed by atoms with Crippen molar-refractivity contribution in [2.45, 2.75) is 19.3 Å². The van der Waals surface area contributed by atoms with Gasteiger partial charge in [-0.25, -0.2) is 9.07 Å². The maximum atomic E-state index is 13.2. The predicted octanol–water partition coefficient (Wildman–Crippen LogP) is 2.77. The fourth-order valence-electron chi connectivity index (χ4n) is 3.29. The molecule has 0 aliphatic carbocycles. The Hall–Kier alpha value is -4.06. The second kappa shape index (κ2) is 10.3. The van der Waals surface area contributed by atoms with Crippen LogP contribution in [-0.4, -0.2) is 36.5 Å². The van der Waals surface area contributed by atoms with Crippen LogP contribution in [0.15, 0.2) is 42.5 Å². The first-order valence-corrected chi connectivity index (χ1v) is 9.97. The molecule has 0 unspecified atom stereocenters. The Labute approximate surface area is 185 Å². The highest BCUT2D eigenvalue weighted by Gasteiger charge is 2.17. The van der Waals surface area contributed by atoms with Crippen molar-refractivity contribution in [3.8, 4) is 23.3 Å². The molecule has 0 spiro atoms. The number of rotatable bonds is 9. The number of aromatic nitrogens is 2. The number of nitrogens with two attached hydrogens (primary N) is 1. The smallest absolute Gasteiger partial charge is 0.224 e. The molecule has 0 atom stereocenters. The molecule has 0 saturated carbocycles. The number of benzene rings is 2. The molecule has 8 nitrogen and oxygen atoms in total. The summed E-state index contributed by atoms with van der Waals surface area (Å²) in [5.74, 6) is 0.924. The van der Waals surface area contributed by atoms with E-state index < -0.39 is 0 Å². The highest BCUT2D eigenvalue weighted by atomic mass is 19.1. The Morgan fingerprint density at radius 3 is 2.62 bits per heavy atom. The molecule has 0 aliphatic rings. The zero-order valence-electron chi connectivity index (χ0n) is 17.9. The summed E-state index contributed by atoms with van der Waals surface area (Å²) in [5.41, 5.74) is 8.16. The molecule has 0 saturated heterocycles. The third kappa shape index (κ3) is 5.16. The molecule has 32 heavy (non-hydrogen) atoms. The van der Waals surface area contributed by atoms with E-state index in [2.05, 4.69) is 16.5 Å². The lowest BCUT2D eigenvalue weighted by atomic mass is 10.1. The quantitative estimate of drug-likeness (QED) is 0.498. The molecule has 2 aromatic carbocycles. The molecule has 1 heterocycles. The van der Waals surface area contributed by atoms with Crippen molar-refractivity contribution in [2.75, 3.05) is 26.5 Å². The zero-order chi connectivity index (χ0) is 23.1. The van der Waals surface area contributed by atoms with E-state index >= 15 is 0 Å². The molecule has 3 N–H and O–H groups in total. The Morgan fingerprint density at radius 1 is 1.22 bits per heavy atom. The summed E-state index contributed by atoms with van der Waals surface area (Å²) in [6.45, 7) is 0.402. The molecular weight excluding hydrogens is 413 g/mol. The molecule has 0 bridgehead atoms. The fourth-order valence-corrected chi connectivity index (χ4v) is 3.29. The highest BCUT2D eigenvalue weighted by molar-refractivity contribution is 5.79. The van der Waals surface area contributed by atoms with Crippen molar-refractivity contribution in [2.24, 2.45) is 0 Å². The monoisotopic (exact) mass is 437 g/mol. The maximum Gasteiger partial charge on any atom is 0.224 e. The summed E-state index contributed by atoms with van der Waals surface area (Å²) in [7, 11) is 3.11. The van der Waals surface area contributed by atoms with Gasteiger partial charge in [0.15, 0.2) is 0 Å². The summed E-state index contributed by atoms with van der Waals surface area (Å²) in [4.78, 5) is 12.4. The lowest BCUT2D eigenvalue weighted by molar-refractivity contribution is -0.120. The Balaban J connectivity index is 1.59. The number of aryl methyl sites for hydroxylation is 1. The number of methoxy groups -OCH3 is 2. The van der Waals surface area contributed by atoms with Crippen LogP contribution in [0.3, 0.4) is 0 Å². The number of carbonyl (C=O) groups is 1. The second-order valence-corrected chi connectivity index (χ2v) is 7.02. The number of halogens is 1. The third-order valence-electron chi connectivity index (χ3n) is 4.93. The van der Waals surface area contributed by atoms with Crippen LogP contribution >= 0.6 is 0 Å². The van der Waals surface area contributed by atoms with Gasteiger partial charge in [-0.05, 0) is 55.3 Å². The Morgan fingerprint density at radius 2 is 1.97 bits per heavy atom. The first kappa shape index (κ1) is 22.6. The molecule has 0 fully saturated rings. The van der Waals surface area contributed by atoms with Crippen LogP contribution in [0.4, 0.5) is 10.2 Å². The zero-order valence-corrected chi connectivity index (χ0v) is 17.9. The molecule has 3 rings (SSSR count). The van der Waals surface area contributed by atoms with E-state index in [0.717, 1.165) is 5.56 Å². The van der Waals surface area contributed by atoms with Crippen molar-refractivity contribution in [3.05, 3.63) is 65.1 Å². The number of hydrogen-bond donors (Lipinski definition) is 2. The fraction of sp³-hybridized carbons (Fsp3) is 0.261. The minimum absolute atomic E-state index is 0.149. The van der Waals surface area contributed by atoms with E-state index in [0.29, 0.717) is 42.3 Å². The van der Waals surface area contributed by atoms with E-state index in [9.17, 15) is 14.4 Å². The van der Waals surface area contributed by atoms with Gasteiger partial charge in [-0.3, -0.25) is 4.79 Å². The van der Waals surface area contributed by atoms with Gasteiger partial charge in [0, 0.05) is 12.1 Å². The van der Waals surface area contributed by atoms with E-state index in [-0.39, 0.29) is 29.5 Å². The standard InChI is InChI=1S/C23H24FN5O3/c1-31-18-9-10-21(32-2)15(12-18)13-22(30)27-11-3-4-20-19(14-25)23(26)29(28-20)17-7-5-16(24)6-8-17/h5-10,12H,3-4,11,13,26H2,1-2H3,(H,27,30). The largest absolute Gasteiger partial charge is 0.497 e. The van der Waals surface area contributed by atoms with Crippen LogP contribution in [-0.2, 0) is 17.6 Å². The molecule has 1 amide bonds. The molecule has 3 aromatic rings. The average molecular weight is 437 g/mol. The van der Waals surface area contributed by atoms with E-state index in [1.54, 1.807) is 32.4 Å². The number of anilines is 1. The number of nitrogens with one attached hydrogen (secondary N) is 1. The van der Waals surface area contributed by atoms with Gasteiger partial charge >= 0.3 is 0 Å². The molecule has 166 valence electrons. The summed E-state index contributed by atoms with van der Waals surface area (Å²) in [6.07, 6.45) is 1.16. The van der Waals surface area contributed by atoms with Crippen LogP contribution in [0.2, 0.25) is 0 Å². The Kier molecular flexibility index (Phi) is 7.29. The van der Waals surface area contributed by atoms with Crippen LogP contribution < -0.4 is 20.5 Å². The van der Waals surface area contributed by atoms with Gasteiger partial charge in [0.2, 0.25) is 5.91 Å². The van der Waals surface area contributed by atoms with Crippen molar-refractivity contribution in [1.82, 2.24) is 15.1 Å². The molecule has 9 heteroatoms. The lowest BCUT2D eigenvalue weighted by Gasteiger charge is -2.10. The Bertz CT molecular complexity index is 1140. The van der Waals surface area contributed by atoms with Crippen molar-refractivity contribution < 1.29 is 18.7 Å². The number of hydrogen-bond acceptors (Lipinski definition) is 6.